The van der Waals surface area contributed by atoms with Gasteiger partial charge in [0.2, 0.25) is 12.3 Å². The molecule has 0 saturated carbocycles. The maximum absolute atomic E-state index is 12.8. The van der Waals surface area contributed by atoms with Gasteiger partial charge < -0.3 is 20.4 Å². The van der Waals surface area contributed by atoms with E-state index in [1.54, 1.807) is 25.1 Å². The normalized spacial score (nSPS) is 12.7. The van der Waals surface area contributed by atoms with Crippen LogP contribution in [0.1, 0.15) is 66.9 Å². The highest BCUT2D eigenvalue weighted by Gasteiger charge is 2.30. The summed E-state index contributed by atoms with van der Waals surface area (Å²) < 4.78 is 20.5. The highest BCUT2D eigenvalue weighted by molar-refractivity contribution is 7.32. The number of amides is 4. The number of carbonyl (C=O) groups excluding carboxylic acids is 4. The largest absolute Gasteiger partial charge is 0.696 e. The molecule has 1 heterocycles. The highest BCUT2D eigenvalue weighted by Crippen LogP contribution is 2.23. The van der Waals surface area contributed by atoms with Crippen LogP contribution in [0.5, 0.6) is 0 Å². The van der Waals surface area contributed by atoms with Crippen LogP contribution in [-0.4, -0.2) is 58.7 Å². The molecule has 212 valence electrons. The molecule has 0 aliphatic rings. The summed E-state index contributed by atoms with van der Waals surface area (Å²) in [6.45, 7) is 3.21. The lowest BCUT2D eigenvalue weighted by Gasteiger charge is -2.29. The standard InChI is InChI=1S/C25H33N4O9P/c1-3-5-6-7-19(20(4-2)29(34)16-30)24(32)26-14-27-25(33)22-13-12-21(38-22)17-8-10-18(11-9-17)23(31)28-15-37-39(35)36/h8-13,16,19-20,34H,3-7,14-15H2,1-2H3,(H3-,26,27,28,31,32,33,35,36)/p+1/t19-,20-/m1/s1. The molecule has 13 nitrogen and oxygen atoms in total. The Morgan fingerprint density at radius 3 is 2.38 bits per heavy atom. The van der Waals surface area contributed by atoms with Gasteiger partial charge in [-0.15, -0.1) is 4.89 Å². The van der Waals surface area contributed by atoms with Gasteiger partial charge in [-0.1, -0.05) is 49.8 Å². The first-order valence-corrected chi connectivity index (χ1v) is 13.6. The molecule has 0 aliphatic heterocycles. The first-order chi connectivity index (χ1) is 18.7. The molecule has 0 aliphatic carbocycles. The number of unbranched alkanes of at least 4 members (excludes halogenated alkanes) is 2. The van der Waals surface area contributed by atoms with Crippen LogP contribution in [0.3, 0.4) is 0 Å². The van der Waals surface area contributed by atoms with Gasteiger partial charge in [0.1, 0.15) is 5.76 Å². The number of hydrogen-bond donors (Lipinski definition) is 5. The van der Waals surface area contributed by atoms with Gasteiger partial charge in [0, 0.05) is 15.7 Å². The van der Waals surface area contributed by atoms with Crippen LogP contribution < -0.4 is 16.0 Å². The van der Waals surface area contributed by atoms with Gasteiger partial charge in [-0.3, -0.25) is 24.4 Å². The Morgan fingerprint density at radius 1 is 1.05 bits per heavy atom. The predicted molar refractivity (Wildman–Crippen MR) is 139 cm³/mol. The van der Waals surface area contributed by atoms with Crippen molar-refractivity contribution < 1.29 is 42.8 Å². The molecule has 3 atom stereocenters. The first kappa shape index (κ1) is 31.6. The van der Waals surface area contributed by atoms with E-state index in [1.807, 2.05) is 6.92 Å². The Hall–Kier alpha value is -3.64. The molecule has 0 spiro atoms. The summed E-state index contributed by atoms with van der Waals surface area (Å²) in [5.41, 5.74) is 0.879. The Balaban J connectivity index is 1.93. The third kappa shape index (κ3) is 9.88. The van der Waals surface area contributed by atoms with Gasteiger partial charge in [0.05, 0.1) is 18.6 Å². The van der Waals surface area contributed by atoms with E-state index in [0.29, 0.717) is 29.2 Å². The second kappa shape index (κ2) is 16.4. The van der Waals surface area contributed by atoms with Crippen LogP contribution in [0, 0.1) is 5.92 Å². The Labute approximate surface area is 226 Å². The van der Waals surface area contributed by atoms with E-state index in [-0.39, 0.29) is 30.3 Å². The molecule has 4 amide bonds. The van der Waals surface area contributed by atoms with Crippen LogP contribution >= 0.6 is 8.25 Å². The smallest absolute Gasteiger partial charge is 0.451 e. The van der Waals surface area contributed by atoms with Crippen molar-refractivity contribution in [1.29, 1.82) is 0 Å². The van der Waals surface area contributed by atoms with Crippen molar-refractivity contribution in [3.63, 3.8) is 0 Å². The molecule has 5 N–H and O–H groups in total. The van der Waals surface area contributed by atoms with Crippen molar-refractivity contribution in [1.82, 2.24) is 21.0 Å². The van der Waals surface area contributed by atoms with E-state index in [2.05, 4.69) is 20.5 Å². The Morgan fingerprint density at radius 2 is 1.77 bits per heavy atom. The molecule has 0 fully saturated rings. The van der Waals surface area contributed by atoms with Crippen molar-refractivity contribution in [2.75, 3.05) is 13.4 Å². The van der Waals surface area contributed by atoms with Gasteiger partial charge in [-0.2, -0.15) is 0 Å². The molecule has 1 unspecified atom stereocenters. The quantitative estimate of drug-likeness (QED) is 0.0480. The summed E-state index contributed by atoms with van der Waals surface area (Å²) in [4.78, 5) is 57.0. The lowest BCUT2D eigenvalue weighted by Crippen LogP contribution is -2.47. The van der Waals surface area contributed by atoms with E-state index in [0.717, 1.165) is 19.3 Å². The molecule has 0 radical (unpaired) electrons. The van der Waals surface area contributed by atoms with Crippen LogP contribution in [0.2, 0.25) is 0 Å². The van der Waals surface area contributed by atoms with Crippen LogP contribution in [0.15, 0.2) is 40.8 Å². The van der Waals surface area contributed by atoms with Crippen molar-refractivity contribution >= 4 is 32.4 Å². The molecule has 2 rings (SSSR count). The number of rotatable bonds is 17. The van der Waals surface area contributed by atoms with Crippen LogP contribution in [0.25, 0.3) is 11.3 Å². The lowest BCUT2D eigenvalue weighted by atomic mass is 9.90. The summed E-state index contributed by atoms with van der Waals surface area (Å²) in [7, 11) is -2.81. The van der Waals surface area contributed by atoms with E-state index >= 15 is 0 Å². The topological polar surface area (TPSA) is 188 Å². The number of benzene rings is 1. The summed E-state index contributed by atoms with van der Waals surface area (Å²) in [6.07, 6.45) is 3.76. The van der Waals surface area contributed by atoms with Crippen LogP contribution in [-0.2, 0) is 18.7 Å². The van der Waals surface area contributed by atoms with Crippen molar-refractivity contribution in [2.24, 2.45) is 5.92 Å². The minimum atomic E-state index is -2.81. The van der Waals surface area contributed by atoms with Crippen LogP contribution in [0.4, 0.5) is 0 Å². The molecule has 0 saturated heterocycles. The lowest BCUT2D eigenvalue weighted by molar-refractivity contribution is -0.168. The maximum atomic E-state index is 12.8. The number of carbonyl (C=O) groups is 4. The molecule has 1 aromatic carbocycles. The summed E-state index contributed by atoms with van der Waals surface area (Å²) in [6, 6.07) is 8.61. The Kier molecular flexibility index (Phi) is 13.2. The monoisotopic (exact) mass is 565 g/mol. The zero-order chi connectivity index (χ0) is 28.8. The zero-order valence-corrected chi connectivity index (χ0v) is 22.7. The van der Waals surface area contributed by atoms with E-state index < -0.39 is 38.8 Å². The zero-order valence-electron chi connectivity index (χ0n) is 21.8. The van der Waals surface area contributed by atoms with Crippen molar-refractivity contribution in [3.05, 3.63) is 47.7 Å². The molecule has 39 heavy (non-hydrogen) atoms. The number of hydroxylamine groups is 2. The summed E-state index contributed by atoms with van der Waals surface area (Å²) in [5.74, 6) is -1.72. The van der Waals surface area contributed by atoms with Gasteiger partial charge >= 0.3 is 8.25 Å². The third-order valence-electron chi connectivity index (χ3n) is 5.97. The molecule has 0 bridgehead atoms. The third-order valence-corrected chi connectivity index (χ3v) is 6.32. The number of nitrogens with zero attached hydrogens (tertiary/aromatic N) is 1. The van der Waals surface area contributed by atoms with Gasteiger partial charge in [0.15, 0.2) is 12.5 Å². The molecule has 1 aromatic heterocycles. The molecular formula is C25H34N4O9P+. The number of hydrogen-bond acceptors (Lipinski definition) is 8. The fourth-order valence-corrected chi connectivity index (χ4v) is 4.11. The average molecular weight is 566 g/mol. The number of furan rings is 1. The molecule has 14 heteroatoms. The highest BCUT2D eigenvalue weighted by atomic mass is 31.1. The minimum absolute atomic E-state index is 0.00440. The Bertz CT molecular complexity index is 1120. The molecule has 2 aromatic rings. The first-order valence-electron chi connectivity index (χ1n) is 12.5. The fourth-order valence-electron chi connectivity index (χ4n) is 3.93. The van der Waals surface area contributed by atoms with E-state index in [9.17, 15) is 29.0 Å². The predicted octanol–water partition coefficient (Wildman–Crippen LogP) is 2.93. The van der Waals surface area contributed by atoms with Crippen molar-refractivity contribution in [2.45, 2.75) is 52.0 Å². The summed E-state index contributed by atoms with van der Waals surface area (Å²) >= 11 is 0. The second-order valence-electron chi connectivity index (χ2n) is 8.55. The van der Waals surface area contributed by atoms with Crippen molar-refractivity contribution in [3.8, 4) is 11.3 Å². The molecular weight excluding hydrogens is 531 g/mol. The number of nitrogens with one attached hydrogen (secondary N) is 3. The summed E-state index contributed by atoms with van der Waals surface area (Å²) in [5, 5.41) is 18.0. The van der Waals surface area contributed by atoms with Gasteiger partial charge in [-0.25, -0.2) is 5.06 Å². The van der Waals surface area contributed by atoms with Gasteiger partial charge in [-0.05, 0) is 37.1 Å². The average Bonchev–Trinajstić information content (AvgIpc) is 3.42. The maximum Gasteiger partial charge on any atom is 0.696 e. The van der Waals surface area contributed by atoms with E-state index in [1.165, 1.54) is 18.2 Å². The van der Waals surface area contributed by atoms with E-state index in [4.69, 9.17) is 9.31 Å². The SMILES string of the molecule is CCCCC[C@@H](C(=O)NCNC(=O)c1ccc(-c2ccc(C(=O)NCO[P+](=O)O)cc2)o1)[C@@H](CC)N(O)C=O. The van der Waals surface area contributed by atoms with Gasteiger partial charge in [0.25, 0.3) is 11.8 Å². The minimum Gasteiger partial charge on any atom is -0.451 e. The fraction of sp³-hybridized carbons (Fsp3) is 0.440. The second-order valence-corrected chi connectivity index (χ2v) is 9.28.